The van der Waals surface area contributed by atoms with Crippen LogP contribution in [-0.2, 0) is 19.1 Å². The molecule has 3 amide bonds. The van der Waals surface area contributed by atoms with Crippen LogP contribution < -0.4 is 0 Å². The molecule has 4 aliphatic rings. The second kappa shape index (κ2) is 13.1. The van der Waals surface area contributed by atoms with Gasteiger partial charge in [0.05, 0.1) is 30.6 Å². The van der Waals surface area contributed by atoms with E-state index >= 15 is 0 Å². The van der Waals surface area contributed by atoms with Crippen molar-refractivity contribution in [3.8, 4) is 0 Å². The van der Waals surface area contributed by atoms with E-state index in [4.69, 9.17) is 4.74 Å². The third kappa shape index (κ3) is 5.19. The summed E-state index contributed by atoms with van der Waals surface area (Å²) in [5, 5.41) is 10.6. The van der Waals surface area contributed by atoms with E-state index in [9.17, 15) is 19.5 Å². The number of aliphatic hydroxyl groups excluding tert-OH is 1. The Hall–Kier alpha value is -1.71. The molecule has 1 spiro atoms. The van der Waals surface area contributed by atoms with Gasteiger partial charge in [0.1, 0.15) is 11.6 Å². The van der Waals surface area contributed by atoms with Gasteiger partial charge in [0.2, 0.25) is 17.7 Å². The van der Waals surface area contributed by atoms with Gasteiger partial charge in [0.15, 0.2) is 0 Å². The Morgan fingerprint density at radius 3 is 2.42 bits per heavy atom. The van der Waals surface area contributed by atoms with Crippen molar-refractivity contribution in [2.45, 2.75) is 107 Å². The average Bonchev–Trinajstić information content (AvgIpc) is 3.55. The number of halogens is 1. The minimum Gasteiger partial charge on any atom is -0.394 e. The van der Waals surface area contributed by atoms with E-state index < -0.39 is 35.6 Å². The van der Waals surface area contributed by atoms with Crippen molar-refractivity contribution in [3.63, 3.8) is 0 Å². The molecular weight excluding hydrogens is 574 g/mol. The molecule has 8 atom stereocenters. The van der Waals surface area contributed by atoms with Gasteiger partial charge < -0.3 is 24.5 Å². The minimum atomic E-state index is -1.13. The van der Waals surface area contributed by atoms with Crippen molar-refractivity contribution < 1.29 is 24.2 Å². The van der Waals surface area contributed by atoms with Crippen LogP contribution in [0.3, 0.4) is 0 Å². The molecule has 2 bridgehead atoms. The minimum absolute atomic E-state index is 0.0366. The summed E-state index contributed by atoms with van der Waals surface area (Å²) < 4.78 is 6.76. The Balaban J connectivity index is 1.82. The first-order valence-electron chi connectivity index (χ1n) is 15.3. The summed E-state index contributed by atoms with van der Waals surface area (Å²) in [7, 11) is 0. The Kier molecular flexibility index (Phi) is 10.2. The quantitative estimate of drug-likeness (QED) is 0.249. The highest BCUT2D eigenvalue weighted by Gasteiger charge is 2.77. The highest BCUT2D eigenvalue weighted by Crippen LogP contribution is 2.61. The maximum Gasteiger partial charge on any atom is 0.248 e. The van der Waals surface area contributed by atoms with Gasteiger partial charge in [-0.2, -0.15) is 0 Å². The Morgan fingerprint density at radius 1 is 1.18 bits per heavy atom. The van der Waals surface area contributed by atoms with Crippen LogP contribution in [0.25, 0.3) is 0 Å². The maximum atomic E-state index is 14.8. The summed E-state index contributed by atoms with van der Waals surface area (Å²) >= 11 is 3.78. The van der Waals surface area contributed by atoms with Crippen molar-refractivity contribution in [3.05, 3.63) is 25.3 Å². The third-order valence-electron chi connectivity index (χ3n) is 9.87. The van der Waals surface area contributed by atoms with Crippen molar-refractivity contribution in [1.82, 2.24) is 14.7 Å². The molecule has 3 saturated heterocycles. The summed E-state index contributed by atoms with van der Waals surface area (Å²) in [6.45, 7) is 14.9. The van der Waals surface area contributed by atoms with Crippen LogP contribution in [0.1, 0.15) is 72.1 Å². The lowest BCUT2D eigenvalue weighted by Gasteiger charge is -2.43. The van der Waals surface area contributed by atoms with E-state index in [1.54, 1.807) is 22.0 Å². The van der Waals surface area contributed by atoms with Gasteiger partial charge in [0, 0.05) is 30.5 Å². The predicted octanol–water partition coefficient (Wildman–Crippen LogP) is 3.91. The molecule has 8 nitrogen and oxygen atoms in total. The van der Waals surface area contributed by atoms with Crippen LogP contribution in [0.2, 0.25) is 0 Å². The number of hydrogen-bond acceptors (Lipinski definition) is 5. The molecule has 0 radical (unpaired) electrons. The Bertz CT molecular complexity index is 971. The van der Waals surface area contributed by atoms with Crippen molar-refractivity contribution in [2.75, 3.05) is 26.2 Å². The largest absolute Gasteiger partial charge is 0.394 e. The number of carbonyl (C=O) groups is 3. The van der Waals surface area contributed by atoms with Crippen molar-refractivity contribution in [2.24, 2.45) is 17.8 Å². The molecule has 3 aliphatic heterocycles. The van der Waals surface area contributed by atoms with E-state index in [-0.39, 0.29) is 41.1 Å². The topological polar surface area (TPSA) is 90.4 Å². The molecule has 3 heterocycles. The molecule has 9 heteroatoms. The molecule has 1 saturated carbocycles. The molecule has 40 heavy (non-hydrogen) atoms. The SMILES string of the molecule is C=CCN(CCC)C(=O)[C@H]1[C@H]2C(=O)N([C@@H](CO)[C@@H](C)CC)C(C(=O)N(CC=C)C3CCCCC3)C23CC(Br)[C@@H]1O3. The lowest BCUT2D eigenvalue weighted by Crippen LogP contribution is -2.61. The first-order chi connectivity index (χ1) is 19.2. The lowest BCUT2D eigenvalue weighted by molar-refractivity contribution is -0.154. The number of amides is 3. The highest BCUT2D eigenvalue weighted by molar-refractivity contribution is 9.09. The van der Waals surface area contributed by atoms with Crippen LogP contribution in [0.5, 0.6) is 0 Å². The van der Waals surface area contributed by atoms with Crippen molar-refractivity contribution >= 4 is 33.7 Å². The van der Waals surface area contributed by atoms with Crippen molar-refractivity contribution in [1.29, 1.82) is 0 Å². The fraction of sp³-hybridized carbons (Fsp3) is 0.774. The number of likely N-dealkylation sites (tertiary alicyclic amines) is 1. The van der Waals surface area contributed by atoms with Gasteiger partial charge in [-0.05, 0) is 31.6 Å². The van der Waals surface area contributed by atoms with Gasteiger partial charge in [-0.3, -0.25) is 14.4 Å². The fourth-order valence-electron chi connectivity index (χ4n) is 7.84. The van der Waals surface area contributed by atoms with Crippen LogP contribution >= 0.6 is 15.9 Å². The molecule has 4 rings (SSSR count). The number of fused-ring (bicyclic) bond motifs is 1. The number of hydrogen-bond donors (Lipinski definition) is 1. The summed E-state index contributed by atoms with van der Waals surface area (Å²) in [5.41, 5.74) is -1.13. The summed E-state index contributed by atoms with van der Waals surface area (Å²) in [5.74, 6) is -2.01. The monoisotopic (exact) mass is 621 g/mol. The highest BCUT2D eigenvalue weighted by atomic mass is 79.9. The zero-order valence-corrected chi connectivity index (χ0v) is 26.1. The molecule has 0 aromatic rings. The normalized spacial score (nSPS) is 33.0. The molecular formula is C31H48BrN3O5. The standard InChI is InChI=1S/C31H48BrN3O5/c1-6-15-33(16-7-2)28(37)24-25-29(38)35(23(19-36)20(5)9-4)27(31(25)18-22(32)26(24)40-31)30(39)34(17-8-3)21-13-11-10-12-14-21/h6,8,20-27,36H,1,3,7,9-19H2,2,4-5H3/t20-,22?,23-,24-,25-,26-,27?,31?/m0/s1. The summed E-state index contributed by atoms with van der Waals surface area (Å²) in [6, 6.07) is -1.37. The second-order valence-corrected chi connectivity index (χ2v) is 13.4. The number of carbonyl (C=O) groups excluding carboxylic acids is 3. The third-order valence-corrected chi connectivity index (χ3v) is 10.7. The second-order valence-electron chi connectivity index (χ2n) is 12.2. The zero-order valence-electron chi connectivity index (χ0n) is 24.5. The zero-order chi connectivity index (χ0) is 29.2. The number of ether oxygens (including phenoxy) is 1. The molecule has 224 valence electrons. The van der Waals surface area contributed by atoms with E-state index in [1.807, 2.05) is 25.7 Å². The fourth-order valence-corrected chi connectivity index (χ4v) is 8.78. The van der Waals surface area contributed by atoms with E-state index in [2.05, 4.69) is 29.1 Å². The Labute approximate surface area is 248 Å². The molecule has 4 fully saturated rings. The van der Waals surface area contributed by atoms with Crippen LogP contribution in [0, 0.1) is 17.8 Å². The smallest absolute Gasteiger partial charge is 0.248 e. The first kappa shape index (κ1) is 31.2. The van der Waals surface area contributed by atoms with E-state index in [0.717, 1.165) is 44.9 Å². The summed E-state index contributed by atoms with van der Waals surface area (Å²) in [4.78, 5) is 48.6. The number of rotatable bonds is 13. The molecule has 0 aromatic carbocycles. The Morgan fingerprint density at radius 2 is 1.85 bits per heavy atom. The van der Waals surface area contributed by atoms with Gasteiger partial charge in [0.25, 0.3) is 0 Å². The van der Waals surface area contributed by atoms with Gasteiger partial charge in [-0.15, -0.1) is 13.2 Å². The maximum absolute atomic E-state index is 14.8. The number of nitrogens with zero attached hydrogens (tertiary/aromatic N) is 3. The van der Waals surface area contributed by atoms with E-state index in [0.29, 0.717) is 26.1 Å². The van der Waals surface area contributed by atoms with Crippen LogP contribution in [-0.4, -0.2) is 98.4 Å². The summed E-state index contributed by atoms with van der Waals surface area (Å²) in [6.07, 6.45) is 10.1. The van der Waals surface area contributed by atoms with Crippen LogP contribution in [0.15, 0.2) is 25.3 Å². The molecule has 0 aromatic heterocycles. The lowest BCUT2D eigenvalue weighted by atomic mass is 9.70. The predicted molar refractivity (Wildman–Crippen MR) is 159 cm³/mol. The number of aliphatic hydroxyl groups is 1. The molecule has 1 N–H and O–H groups in total. The number of alkyl halides is 1. The van der Waals surface area contributed by atoms with Gasteiger partial charge in [-0.1, -0.05) is 74.5 Å². The molecule has 3 unspecified atom stereocenters. The first-order valence-corrected chi connectivity index (χ1v) is 16.2. The van der Waals surface area contributed by atoms with E-state index in [1.165, 1.54) is 0 Å². The van der Waals surface area contributed by atoms with Crippen LogP contribution in [0.4, 0.5) is 0 Å². The average molecular weight is 623 g/mol. The van der Waals surface area contributed by atoms with Gasteiger partial charge in [-0.25, -0.2) is 0 Å². The van der Waals surface area contributed by atoms with Gasteiger partial charge >= 0.3 is 0 Å². The molecule has 1 aliphatic carbocycles.